The highest BCUT2D eigenvalue weighted by Gasteiger charge is 2.21. The van der Waals surface area contributed by atoms with Gasteiger partial charge < -0.3 is 19.7 Å². The number of carbonyl (C=O) groups is 2. The van der Waals surface area contributed by atoms with Gasteiger partial charge in [-0.2, -0.15) is 0 Å². The van der Waals surface area contributed by atoms with Crippen LogP contribution in [0.15, 0.2) is 16.6 Å². The molecule has 1 aromatic rings. The van der Waals surface area contributed by atoms with Crippen molar-refractivity contribution in [2.45, 2.75) is 12.8 Å². The third-order valence-corrected chi connectivity index (χ3v) is 5.35. The Morgan fingerprint density at radius 2 is 2.04 bits per heavy atom. The molecule has 1 fully saturated rings. The van der Waals surface area contributed by atoms with Crippen LogP contribution < -0.4 is 14.8 Å². The maximum Gasteiger partial charge on any atom is 0.281 e. The zero-order valence-corrected chi connectivity index (χ0v) is 16.2. The molecule has 2 amide bonds. The summed E-state index contributed by atoms with van der Waals surface area (Å²) in [7, 11) is 3.18. The van der Waals surface area contributed by atoms with E-state index in [1.807, 2.05) is 12.1 Å². The van der Waals surface area contributed by atoms with E-state index >= 15 is 0 Å². The van der Waals surface area contributed by atoms with Crippen molar-refractivity contribution < 1.29 is 19.1 Å². The lowest BCUT2D eigenvalue weighted by molar-refractivity contribution is -0.121. The van der Waals surface area contributed by atoms with Crippen LogP contribution in [0.25, 0.3) is 0 Å². The average molecular weight is 417 g/mol. The molecule has 2 rings (SSSR count). The third-order valence-electron chi connectivity index (χ3n) is 3.72. The highest BCUT2D eigenvalue weighted by molar-refractivity contribution is 9.10. The van der Waals surface area contributed by atoms with Crippen molar-refractivity contribution in [1.29, 1.82) is 0 Å². The van der Waals surface area contributed by atoms with Crippen molar-refractivity contribution >= 4 is 38.8 Å². The van der Waals surface area contributed by atoms with Gasteiger partial charge in [-0.15, -0.1) is 0 Å². The van der Waals surface area contributed by atoms with Gasteiger partial charge in [0.1, 0.15) is 0 Å². The van der Waals surface area contributed by atoms with E-state index in [1.165, 1.54) is 11.8 Å². The van der Waals surface area contributed by atoms with Gasteiger partial charge in [0.25, 0.3) is 5.24 Å². The lowest BCUT2D eigenvalue weighted by Crippen LogP contribution is -2.31. The van der Waals surface area contributed by atoms with Crippen molar-refractivity contribution in [3.63, 3.8) is 0 Å². The Morgan fingerprint density at radius 3 is 2.67 bits per heavy atom. The van der Waals surface area contributed by atoms with Crippen LogP contribution in [-0.2, 0) is 11.2 Å². The largest absolute Gasteiger partial charge is 0.493 e. The molecule has 1 aliphatic rings. The summed E-state index contributed by atoms with van der Waals surface area (Å²) < 4.78 is 11.4. The quantitative estimate of drug-likeness (QED) is 0.705. The Hall–Kier alpha value is -1.41. The number of ether oxygens (including phenoxy) is 2. The van der Waals surface area contributed by atoms with Gasteiger partial charge in [0.2, 0.25) is 5.91 Å². The molecule has 1 aromatic carbocycles. The Morgan fingerprint density at radius 1 is 1.33 bits per heavy atom. The smallest absolute Gasteiger partial charge is 0.281 e. The van der Waals surface area contributed by atoms with Crippen LogP contribution in [0.5, 0.6) is 11.5 Å². The molecule has 1 N–H and O–H groups in total. The summed E-state index contributed by atoms with van der Waals surface area (Å²) in [6, 6.07) is 3.75. The zero-order chi connectivity index (χ0) is 17.5. The number of hydrogen-bond acceptors (Lipinski definition) is 5. The lowest BCUT2D eigenvalue weighted by atomic mass is 10.1. The monoisotopic (exact) mass is 416 g/mol. The van der Waals surface area contributed by atoms with E-state index in [0.29, 0.717) is 37.4 Å². The maximum absolute atomic E-state index is 11.9. The van der Waals surface area contributed by atoms with Crippen LogP contribution in [-0.4, -0.2) is 55.7 Å². The minimum atomic E-state index is -0.0451. The number of amides is 2. The second-order valence-electron chi connectivity index (χ2n) is 5.25. The predicted molar refractivity (Wildman–Crippen MR) is 98.0 cm³/mol. The molecule has 1 aliphatic heterocycles. The van der Waals surface area contributed by atoms with Crippen LogP contribution in [0.1, 0.15) is 12.0 Å². The Balaban J connectivity index is 1.79. The Labute approximate surface area is 154 Å². The van der Waals surface area contributed by atoms with Crippen LogP contribution in [0.2, 0.25) is 0 Å². The highest BCUT2D eigenvalue weighted by Crippen LogP contribution is 2.33. The molecular weight excluding hydrogens is 396 g/mol. The molecule has 0 bridgehead atoms. The summed E-state index contributed by atoms with van der Waals surface area (Å²) in [6.07, 6.45) is 1.00. The number of halogens is 1. The van der Waals surface area contributed by atoms with Gasteiger partial charge in [-0.3, -0.25) is 9.59 Å². The highest BCUT2D eigenvalue weighted by atomic mass is 79.9. The van der Waals surface area contributed by atoms with E-state index in [0.717, 1.165) is 22.3 Å². The van der Waals surface area contributed by atoms with Crippen LogP contribution in [0.4, 0.5) is 4.79 Å². The van der Waals surface area contributed by atoms with E-state index in [2.05, 4.69) is 21.2 Å². The van der Waals surface area contributed by atoms with Gasteiger partial charge >= 0.3 is 0 Å². The molecule has 24 heavy (non-hydrogen) atoms. The number of nitrogens with one attached hydrogen (secondary N) is 1. The van der Waals surface area contributed by atoms with Gasteiger partial charge in [0.05, 0.1) is 14.2 Å². The maximum atomic E-state index is 11.9. The number of thioether (sulfide) groups is 1. The van der Waals surface area contributed by atoms with Crippen LogP contribution >= 0.6 is 27.7 Å². The second kappa shape index (κ2) is 9.17. The molecule has 1 heterocycles. The van der Waals surface area contributed by atoms with Crippen LogP contribution in [0.3, 0.4) is 0 Å². The van der Waals surface area contributed by atoms with Gasteiger partial charge in [0.15, 0.2) is 11.5 Å². The van der Waals surface area contributed by atoms with Crippen molar-refractivity contribution in [3.05, 3.63) is 22.2 Å². The number of hydrogen-bond donors (Lipinski definition) is 1. The van der Waals surface area contributed by atoms with Crippen molar-refractivity contribution in [2.24, 2.45) is 0 Å². The summed E-state index contributed by atoms with van der Waals surface area (Å²) in [5.74, 6) is 2.09. The minimum absolute atomic E-state index is 0.0451. The second-order valence-corrected chi connectivity index (χ2v) is 7.15. The molecule has 132 valence electrons. The summed E-state index contributed by atoms with van der Waals surface area (Å²) in [5, 5.41) is 2.95. The molecule has 8 heteroatoms. The Kier molecular flexibility index (Phi) is 7.23. The van der Waals surface area contributed by atoms with Gasteiger partial charge in [-0.05, 0) is 24.1 Å². The molecule has 0 spiro atoms. The number of methoxy groups -OCH3 is 2. The SMILES string of the molecule is COc1cc(Br)c(CCNC(=O)CCN2CCSC2=O)cc1OC. The number of nitrogens with zero attached hydrogens (tertiary/aromatic N) is 1. The molecule has 0 radical (unpaired) electrons. The Bertz CT molecular complexity index is 612. The first-order chi connectivity index (χ1) is 11.5. The first-order valence-electron chi connectivity index (χ1n) is 7.64. The molecule has 0 aromatic heterocycles. The van der Waals surface area contributed by atoms with Gasteiger partial charge in [-0.1, -0.05) is 27.7 Å². The summed E-state index contributed by atoms with van der Waals surface area (Å²) in [6.45, 7) is 1.74. The zero-order valence-electron chi connectivity index (χ0n) is 13.8. The van der Waals surface area contributed by atoms with Crippen molar-refractivity contribution in [2.75, 3.05) is 39.6 Å². The predicted octanol–water partition coefficient (Wildman–Crippen LogP) is 2.68. The van der Waals surface area contributed by atoms with Crippen molar-refractivity contribution in [3.8, 4) is 11.5 Å². The van der Waals surface area contributed by atoms with Crippen LogP contribution in [0, 0.1) is 0 Å². The molecule has 0 unspecified atom stereocenters. The number of carbonyl (C=O) groups excluding carboxylic acids is 2. The average Bonchev–Trinajstić information content (AvgIpc) is 2.99. The fraction of sp³-hybridized carbons (Fsp3) is 0.500. The number of benzene rings is 1. The standard InChI is InChI=1S/C16H21BrN2O4S/c1-22-13-9-11(12(17)10-14(13)23-2)3-5-18-15(20)4-6-19-7-8-24-16(19)21/h9-10H,3-8H2,1-2H3,(H,18,20). The van der Waals surface area contributed by atoms with E-state index in [-0.39, 0.29) is 11.1 Å². The summed E-state index contributed by atoms with van der Waals surface area (Å²) >= 11 is 4.81. The first kappa shape index (κ1) is 18.9. The fourth-order valence-electron chi connectivity index (χ4n) is 2.38. The third kappa shape index (κ3) is 5.04. The van der Waals surface area contributed by atoms with Crippen molar-refractivity contribution in [1.82, 2.24) is 10.2 Å². The normalized spacial score (nSPS) is 14.0. The van der Waals surface area contributed by atoms with Gasteiger partial charge in [0, 0.05) is 36.3 Å². The molecule has 1 saturated heterocycles. The molecular formula is C16H21BrN2O4S. The molecule has 6 nitrogen and oxygen atoms in total. The fourth-order valence-corrected chi connectivity index (χ4v) is 3.75. The lowest BCUT2D eigenvalue weighted by Gasteiger charge is -2.14. The van der Waals surface area contributed by atoms with E-state index in [9.17, 15) is 9.59 Å². The van der Waals surface area contributed by atoms with E-state index < -0.39 is 0 Å². The molecule has 0 atom stereocenters. The first-order valence-corrected chi connectivity index (χ1v) is 9.41. The molecule has 0 saturated carbocycles. The molecule has 0 aliphatic carbocycles. The van der Waals surface area contributed by atoms with E-state index in [1.54, 1.807) is 19.1 Å². The summed E-state index contributed by atoms with van der Waals surface area (Å²) in [4.78, 5) is 25.1. The number of rotatable bonds is 8. The topological polar surface area (TPSA) is 67.9 Å². The van der Waals surface area contributed by atoms with E-state index in [4.69, 9.17) is 9.47 Å². The summed E-state index contributed by atoms with van der Waals surface area (Å²) in [5.41, 5.74) is 1.03. The van der Waals surface area contributed by atoms with Gasteiger partial charge in [-0.25, -0.2) is 0 Å². The minimum Gasteiger partial charge on any atom is -0.493 e.